The van der Waals surface area contributed by atoms with Crippen LogP contribution < -0.4 is 5.32 Å². The lowest BCUT2D eigenvalue weighted by atomic mass is 10.1. The number of hydrogen-bond donors (Lipinski definition) is 2. The number of nitro benzene ring substituents is 1. The highest BCUT2D eigenvalue weighted by molar-refractivity contribution is 6.09. The second kappa shape index (κ2) is 8.99. The maximum absolute atomic E-state index is 12.4. The molecule has 0 fully saturated rings. The van der Waals surface area contributed by atoms with Gasteiger partial charge in [0.05, 0.1) is 4.92 Å². The van der Waals surface area contributed by atoms with Crippen molar-refractivity contribution < 1.29 is 24.0 Å². The zero-order valence-corrected chi connectivity index (χ0v) is 16.1. The van der Waals surface area contributed by atoms with Gasteiger partial charge < -0.3 is 15.0 Å². The maximum atomic E-state index is 12.4. The molecule has 0 saturated heterocycles. The summed E-state index contributed by atoms with van der Waals surface area (Å²) in [6.45, 7) is 1.08. The van der Waals surface area contributed by atoms with Gasteiger partial charge in [-0.05, 0) is 18.1 Å². The molecule has 0 bridgehead atoms. The second-order valence-electron chi connectivity index (χ2n) is 6.47. The Balaban J connectivity index is 1.55. The van der Waals surface area contributed by atoms with Crippen LogP contribution in [0.1, 0.15) is 33.2 Å². The molecule has 9 heteroatoms. The van der Waals surface area contributed by atoms with E-state index in [2.05, 4.69) is 10.3 Å². The van der Waals surface area contributed by atoms with Gasteiger partial charge in [0.25, 0.3) is 11.6 Å². The monoisotopic (exact) mass is 409 g/mol. The van der Waals surface area contributed by atoms with Gasteiger partial charge in [-0.15, -0.1) is 0 Å². The first-order chi connectivity index (χ1) is 14.4. The third-order valence-corrected chi connectivity index (χ3v) is 4.56. The smallest absolute Gasteiger partial charge is 0.325 e. The number of aromatic nitrogens is 1. The lowest BCUT2D eigenvalue weighted by molar-refractivity contribution is -0.384. The molecule has 1 aromatic heterocycles. The van der Waals surface area contributed by atoms with E-state index in [9.17, 15) is 24.5 Å². The SMILES string of the molecule is CCc1cccc2c(C(=O)COC(=O)CNC(=O)c3cccc([N+](=O)[O-])c3)c[nH]c12. The molecule has 0 aliphatic rings. The maximum Gasteiger partial charge on any atom is 0.325 e. The van der Waals surface area contributed by atoms with E-state index in [-0.39, 0.29) is 17.0 Å². The Morgan fingerprint density at radius 3 is 2.67 bits per heavy atom. The normalized spacial score (nSPS) is 10.6. The topological polar surface area (TPSA) is 131 Å². The molecule has 0 aliphatic heterocycles. The fourth-order valence-electron chi connectivity index (χ4n) is 3.03. The molecule has 1 amide bonds. The molecule has 9 nitrogen and oxygen atoms in total. The minimum atomic E-state index is -0.795. The predicted octanol–water partition coefficient (Wildman–Crippen LogP) is 2.79. The molecule has 154 valence electrons. The number of nitro groups is 1. The van der Waals surface area contributed by atoms with Gasteiger partial charge in [0, 0.05) is 40.4 Å². The van der Waals surface area contributed by atoms with Crippen molar-refractivity contribution in [2.75, 3.05) is 13.2 Å². The van der Waals surface area contributed by atoms with Crippen LogP contribution in [0.3, 0.4) is 0 Å². The zero-order valence-electron chi connectivity index (χ0n) is 16.1. The Bertz CT molecular complexity index is 1130. The molecule has 1 heterocycles. The van der Waals surface area contributed by atoms with E-state index in [1.165, 1.54) is 18.2 Å². The van der Waals surface area contributed by atoms with Crippen molar-refractivity contribution in [2.45, 2.75) is 13.3 Å². The van der Waals surface area contributed by atoms with Crippen LogP contribution in [0.4, 0.5) is 5.69 Å². The highest BCUT2D eigenvalue weighted by atomic mass is 16.6. The van der Waals surface area contributed by atoms with Gasteiger partial charge in [-0.2, -0.15) is 0 Å². The van der Waals surface area contributed by atoms with E-state index >= 15 is 0 Å². The first kappa shape index (κ1) is 20.7. The fourth-order valence-corrected chi connectivity index (χ4v) is 3.03. The van der Waals surface area contributed by atoms with Crippen LogP contribution in [-0.4, -0.2) is 40.7 Å². The zero-order chi connectivity index (χ0) is 21.7. The average Bonchev–Trinajstić information content (AvgIpc) is 3.20. The van der Waals surface area contributed by atoms with Crippen LogP contribution >= 0.6 is 0 Å². The number of ether oxygens (including phenoxy) is 1. The minimum absolute atomic E-state index is 0.0404. The van der Waals surface area contributed by atoms with E-state index in [0.29, 0.717) is 5.56 Å². The molecule has 3 rings (SSSR count). The van der Waals surface area contributed by atoms with Gasteiger partial charge in [-0.25, -0.2) is 0 Å². The Morgan fingerprint density at radius 1 is 1.17 bits per heavy atom. The first-order valence-corrected chi connectivity index (χ1v) is 9.21. The number of H-pyrrole nitrogens is 1. The highest BCUT2D eigenvalue weighted by Crippen LogP contribution is 2.22. The molecule has 0 unspecified atom stereocenters. The summed E-state index contributed by atoms with van der Waals surface area (Å²) >= 11 is 0. The van der Waals surface area contributed by atoms with Gasteiger partial charge in [0.2, 0.25) is 5.78 Å². The summed E-state index contributed by atoms with van der Waals surface area (Å²) in [6.07, 6.45) is 2.40. The largest absolute Gasteiger partial charge is 0.456 e. The minimum Gasteiger partial charge on any atom is -0.456 e. The summed E-state index contributed by atoms with van der Waals surface area (Å²) in [5.74, 6) is -1.82. The predicted molar refractivity (Wildman–Crippen MR) is 108 cm³/mol. The number of aromatic amines is 1. The van der Waals surface area contributed by atoms with E-state index in [4.69, 9.17) is 4.74 Å². The Morgan fingerprint density at radius 2 is 1.93 bits per heavy atom. The number of carbonyl (C=O) groups is 3. The number of nitrogens with zero attached hydrogens (tertiary/aromatic N) is 1. The van der Waals surface area contributed by atoms with Crippen molar-refractivity contribution in [1.29, 1.82) is 0 Å². The molecule has 0 atom stereocenters. The summed E-state index contributed by atoms with van der Waals surface area (Å²) in [6, 6.07) is 10.8. The number of esters is 1. The van der Waals surface area contributed by atoms with Gasteiger partial charge >= 0.3 is 5.97 Å². The lowest BCUT2D eigenvalue weighted by Crippen LogP contribution is -2.31. The molecule has 0 spiro atoms. The second-order valence-corrected chi connectivity index (χ2v) is 6.47. The Hall–Kier alpha value is -4.01. The number of nitrogens with one attached hydrogen (secondary N) is 2. The summed E-state index contributed by atoms with van der Waals surface area (Å²) < 4.78 is 4.96. The van der Waals surface area contributed by atoms with Crippen molar-refractivity contribution >= 4 is 34.3 Å². The van der Waals surface area contributed by atoms with Crippen LogP contribution in [0.25, 0.3) is 10.9 Å². The molecule has 0 radical (unpaired) electrons. The van der Waals surface area contributed by atoms with Gasteiger partial charge in [-0.1, -0.05) is 31.2 Å². The van der Waals surface area contributed by atoms with Crippen molar-refractivity contribution in [3.8, 4) is 0 Å². The number of aryl methyl sites for hydroxylation is 1. The molecular formula is C21H19N3O6. The summed E-state index contributed by atoms with van der Waals surface area (Å²) in [7, 11) is 0. The van der Waals surface area contributed by atoms with Crippen LogP contribution in [0, 0.1) is 10.1 Å². The molecule has 2 aromatic carbocycles. The lowest BCUT2D eigenvalue weighted by Gasteiger charge is -2.06. The molecule has 3 aromatic rings. The van der Waals surface area contributed by atoms with Crippen molar-refractivity contribution in [1.82, 2.24) is 10.3 Å². The van der Waals surface area contributed by atoms with Crippen molar-refractivity contribution in [3.63, 3.8) is 0 Å². The van der Waals surface area contributed by atoms with E-state index in [1.54, 1.807) is 6.20 Å². The van der Waals surface area contributed by atoms with Gasteiger partial charge in [-0.3, -0.25) is 24.5 Å². The summed E-state index contributed by atoms with van der Waals surface area (Å²) in [4.78, 5) is 49.6. The highest BCUT2D eigenvalue weighted by Gasteiger charge is 2.17. The van der Waals surface area contributed by atoms with Gasteiger partial charge in [0.15, 0.2) is 6.61 Å². The van der Waals surface area contributed by atoms with Crippen LogP contribution in [-0.2, 0) is 16.0 Å². The van der Waals surface area contributed by atoms with Crippen molar-refractivity contribution in [3.05, 3.63) is 75.5 Å². The van der Waals surface area contributed by atoms with E-state index < -0.39 is 30.0 Å². The molecule has 30 heavy (non-hydrogen) atoms. The number of ketones is 1. The number of amides is 1. The molecular weight excluding hydrogens is 390 g/mol. The number of para-hydroxylation sites is 1. The number of hydrogen-bond acceptors (Lipinski definition) is 6. The van der Waals surface area contributed by atoms with Crippen LogP contribution in [0.5, 0.6) is 0 Å². The van der Waals surface area contributed by atoms with E-state index in [1.807, 2.05) is 25.1 Å². The Kier molecular flexibility index (Phi) is 6.21. The molecule has 0 saturated carbocycles. The number of fused-ring (bicyclic) bond motifs is 1. The molecule has 0 aliphatic carbocycles. The summed E-state index contributed by atoms with van der Waals surface area (Å²) in [5, 5.41) is 13.8. The number of rotatable bonds is 8. The third kappa shape index (κ3) is 4.52. The van der Waals surface area contributed by atoms with E-state index in [0.717, 1.165) is 29.0 Å². The first-order valence-electron chi connectivity index (χ1n) is 9.21. The Labute approximate surface area is 171 Å². The third-order valence-electron chi connectivity index (χ3n) is 4.56. The fraction of sp³-hybridized carbons (Fsp3) is 0.190. The number of non-ortho nitro benzene ring substituents is 1. The molecule has 2 N–H and O–H groups in total. The number of benzene rings is 2. The standard InChI is InChI=1S/C21H19N3O6/c1-2-13-5-4-8-16-17(10-22-20(13)16)18(25)12-30-19(26)11-23-21(27)14-6-3-7-15(9-14)24(28)29/h3-10,22H,2,11-12H2,1H3,(H,23,27). The quantitative estimate of drug-likeness (QED) is 0.254. The van der Waals surface area contributed by atoms with Gasteiger partial charge in [0.1, 0.15) is 6.54 Å². The van der Waals surface area contributed by atoms with Crippen LogP contribution in [0.2, 0.25) is 0 Å². The number of Topliss-reactive ketones (excluding diaryl/α,β-unsaturated/α-hetero) is 1. The summed E-state index contributed by atoms with van der Waals surface area (Å²) in [5.41, 5.74) is 2.18. The average molecular weight is 409 g/mol. The van der Waals surface area contributed by atoms with Crippen molar-refractivity contribution in [2.24, 2.45) is 0 Å². The number of carbonyl (C=O) groups excluding carboxylic acids is 3. The van der Waals surface area contributed by atoms with Crippen LogP contribution in [0.15, 0.2) is 48.7 Å².